The van der Waals surface area contributed by atoms with Crippen molar-refractivity contribution >= 4 is 5.97 Å². The smallest absolute Gasteiger partial charge is 0.310 e. The molecule has 0 aromatic carbocycles. The van der Waals surface area contributed by atoms with E-state index >= 15 is 0 Å². The second kappa shape index (κ2) is 3.96. The number of hydrogen-bond acceptors (Lipinski definition) is 2. The first kappa shape index (κ1) is 12.5. The number of carbonyl (C=O) groups is 1. The lowest BCUT2D eigenvalue weighted by molar-refractivity contribution is -0.156. The summed E-state index contributed by atoms with van der Waals surface area (Å²) in [6, 6.07) is 0. The molecule has 4 atom stereocenters. The molecule has 2 bridgehead atoms. The van der Waals surface area contributed by atoms with Crippen LogP contribution >= 0.6 is 0 Å². The lowest BCUT2D eigenvalue weighted by Crippen LogP contribution is -2.40. The van der Waals surface area contributed by atoms with E-state index in [1.54, 1.807) is 0 Å². The fourth-order valence-electron chi connectivity index (χ4n) is 4.67. The van der Waals surface area contributed by atoms with Gasteiger partial charge in [-0.1, -0.05) is 6.42 Å². The minimum atomic E-state index is -0.567. The summed E-state index contributed by atoms with van der Waals surface area (Å²) in [6.45, 7) is 4.22. The SMILES string of the molecule is CC1(C)CCC(CC2(C(=O)O)CC3CCC2C3)O1. The molecule has 0 amide bonds. The van der Waals surface area contributed by atoms with Crippen LogP contribution in [0.3, 0.4) is 0 Å². The van der Waals surface area contributed by atoms with Gasteiger partial charge in [0, 0.05) is 0 Å². The fraction of sp³-hybridized carbons (Fsp3) is 0.933. The molecule has 1 aliphatic heterocycles. The van der Waals surface area contributed by atoms with E-state index in [9.17, 15) is 9.90 Å². The Morgan fingerprint density at radius 2 is 2.11 bits per heavy atom. The van der Waals surface area contributed by atoms with Gasteiger partial charge >= 0.3 is 5.97 Å². The van der Waals surface area contributed by atoms with E-state index in [-0.39, 0.29) is 11.7 Å². The van der Waals surface area contributed by atoms with Crippen LogP contribution in [-0.2, 0) is 9.53 Å². The predicted molar refractivity (Wildman–Crippen MR) is 68.3 cm³/mol. The van der Waals surface area contributed by atoms with Crippen LogP contribution in [0.4, 0.5) is 0 Å². The van der Waals surface area contributed by atoms with Gasteiger partial charge in [-0.2, -0.15) is 0 Å². The van der Waals surface area contributed by atoms with Gasteiger partial charge in [0.05, 0.1) is 17.1 Å². The number of carboxylic acids is 1. The molecular formula is C15H24O3. The van der Waals surface area contributed by atoms with Crippen molar-refractivity contribution < 1.29 is 14.6 Å². The lowest BCUT2D eigenvalue weighted by Gasteiger charge is -2.36. The van der Waals surface area contributed by atoms with E-state index in [1.165, 1.54) is 6.42 Å². The van der Waals surface area contributed by atoms with Crippen molar-refractivity contribution in [1.82, 2.24) is 0 Å². The minimum Gasteiger partial charge on any atom is -0.481 e. The van der Waals surface area contributed by atoms with E-state index in [1.807, 2.05) is 0 Å². The first-order valence-corrected chi connectivity index (χ1v) is 7.32. The molecule has 1 heterocycles. The molecule has 0 spiro atoms. The largest absolute Gasteiger partial charge is 0.481 e. The first-order valence-electron chi connectivity index (χ1n) is 7.32. The molecule has 1 saturated heterocycles. The summed E-state index contributed by atoms with van der Waals surface area (Å²) in [6.07, 6.45) is 7.39. The Hall–Kier alpha value is -0.570. The highest BCUT2D eigenvalue weighted by atomic mass is 16.5. The lowest BCUT2D eigenvalue weighted by atomic mass is 9.69. The second-order valence-corrected chi connectivity index (χ2v) is 7.28. The summed E-state index contributed by atoms with van der Waals surface area (Å²) in [5, 5.41) is 9.72. The average molecular weight is 252 g/mol. The van der Waals surface area contributed by atoms with Gasteiger partial charge < -0.3 is 9.84 Å². The molecule has 3 heteroatoms. The maximum absolute atomic E-state index is 11.8. The molecule has 4 unspecified atom stereocenters. The van der Waals surface area contributed by atoms with Crippen LogP contribution in [-0.4, -0.2) is 22.8 Å². The van der Waals surface area contributed by atoms with Crippen molar-refractivity contribution in [2.24, 2.45) is 17.3 Å². The number of rotatable bonds is 3. The third-order valence-electron chi connectivity index (χ3n) is 5.55. The van der Waals surface area contributed by atoms with E-state index in [0.29, 0.717) is 11.8 Å². The zero-order chi connectivity index (χ0) is 13.0. The van der Waals surface area contributed by atoms with Gasteiger partial charge in [0.15, 0.2) is 0 Å². The molecule has 0 radical (unpaired) electrons. The number of fused-ring (bicyclic) bond motifs is 2. The van der Waals surface area contributed by atoms with Gasteiger partial charge in [-0.15, -0.1) is 0 Å². The molecule has 2 aliphatic carbocycles. The van der Waals surface area contributed by atoms with E-state index in [4.69, 9.17) is 4.74 Å². The Labute approximate surface area is 109 Å². The summed E-state index contributed by atoms with van der Waals surface area (Å²) < 4.78 is 6.03. The number of aliphatic carboxylic acids is 1. The fourth-order valence-corrected chi connectivity index (χ4v) is 4.67. The summed E-state index contributed by atoms with van der Waals surface area (Å²) in [5.74, 6) is 0.510. The summed E-state index contributed by atoms with van der Waals surface area (Å²) >= 11 is 0. The van der Waals surface area contributed by atoms with Crippen LogP contribution in [0.15, 0.2) is 0 Å². The molecule has 1 N–H and O–H groups in total. The zero-order valence-electron chi connectivity index (χ0n) is 11.4. The maximum Gasteiger partial charge on any atom is 0.310 e. The van der Waals surface area contributed by atoms with Crippen LogP contribution in [0.5, 0.6) is 0 Å². The molecule has 0 aromatic heterocycles. The van der Waals surface area contributed by atoms with Crippen molar-refractivity contribution in [3.8, 4) is 0 Å². The summed E-state index contributed by atoms with van der Waals surface area (Å²) in [5.41, 5.74) is -0.518. The Bertz CT molecular complexity index is 363. The highest BCUT2D eigenvalue weighted by Crippen LogP contribution is 2.59. The Morgan fingerprint density at radius 1 is 1.33 bits per heavy atom. The zero-order valence-corrected chi connectivity index (χ0v) is 11.4. The van der Waals surface area contributed by atoms with E-state index in [2.05, 4.69) is 13.8 Å². The highest BCUT2D eigenvalue weighted by Gasteiger charge is 2.57. The van der Waals surface area contributed by atoms with Crippen molar-refractivity contribution in [3.63, 3.8) is 0 Å². The molecule has 102 valence electrons. The molecule has 18 heavy (non-hydrogen) atoms. The maximum atomic E-state index is 11.8. The van der Waals surface area contributed by atoms with E-state index < -0.39 is 11.4 Å². The standard InChI is InChI=1S/C15H24O3/c1-14(2)6-5-12(18-14)9-15(13(16)17)8-10-3-4-11(15)7-10/h10-12H,3-9H2,1-2H3,(H,16,17). The normalized spacial score (nSPS) is 45.6. The van der Waals surface area contributed by atoms with Crippen molar-refractivity contribution in [3.05, 3.63) is 0 Å². The van der Waals surface area contributed by atoms with Crippen molar-refractivity contribution in [2.75, 3.05) is 0 Å². The van der Waals surface area contributed by atoms with Crippen molar-refractivity contribution in [1.29, 1.82) is 0 Å². The molecule has 3 rings (SSSR count). The topological polar surface area (TPSA) is 46.5 Å². The first-order chi connectivity index (χ1) is 8.41. The molecule has 0 aromatic rings. The quantitative estimate of drug-likeness (QED) is 0.839. The third-order valence-corrected chi connectivity index (χ3v) is 5.55. The molecule has 3 aliphatic rings. The Balaban J connectivity index is 1.75. The van der Waals surface area contributed by atoms with Gasteiger partial charge in [-0.3, -0.25) is 4.79 Å². The predicted octanol–water partition coefficient (Wildman–Crippen LogP) is 3.23. The monoisotopic (exact) mass is 252 g/mol. The molecule has 3 fully saturated rings. The van der Waals surface area contributed by atoms with Crippen LogP contribution in [0, 0.1) is 17.3 Å². The van der Waals surface area contributed by atoms with Crippen LogP contribution in [0.2, 0.25) is 0 Å². The van der Waals surface area contributed by atoms with Gasteiger partial charge in [0.2, 0.25) is 0 Å². The van der Waals surface area contributed by atoms with Crippen LogP contribution in [0.1, 0.15) is 58.8 Å². The molecule has 2 saturated carbocycles. The average Bonchev–Trinajstić information content (AvgIpc) is 2.93. The van der Waals surface area contributed by atoms with Gasteiger partial charge in [-0.25, -0.2) is 0 Å². The van der Waals surface area contributed by atoms with Gasteiger partial charge in [0.1, 0.15) is 0 Å². The van der Waals surface area contributed by atoms with E-state index in [0.717, 1.165) is 38.5 Å². The minimum absolute atomic E-state index is 0.0536. The third kappa shape index (κ3) is 1.87. The van der Waals surface area contributed by atoms with Crippen LogP contribution < -0.4 is 0 Å². The second-order valence-electron chi connectivity index (χ2n) is 7.28. The number of carboxylic acid groups (broad SMARTS) is 1. The Morgan fingerprint density at radius 3 is 2.56 bits per heavy atom. The van der Waals surface area contributed by atoms with Crippen molar-refractivity contribution in [2.45, 2.75) is 70.5 Å². The Kier molecular flexibility index (Phi) is 2.74. The molecule has 3 nitrogen and oxygen atoms in total. The number of hydrogen-bond donors (Lipinski definition) is 1. The molecular weight excluding hydrogens is 228 g/mol. The number of ether oxygens (including phenoxy) is 1. The van der Waals surface area contributed by atoms with Gasteiger partial charge in [0.25, 0.3) is 0 Å². The highest BCUT2D eigenvalue weighted by molar-refractivity contribution is 5.76. The van der Waals surface area contributed by atoms with Gasteiger partial charge in [-0.05, 0) is 64.2 Å². The summed E-state index contributed by atoms with van der Waals surface area (Å²) in [4.78, 5) is 11.8. The summed E-state index contributed by atoms with van der Waals surface area (Å²) in [7, 11) is 0. The van der Waals surface area contributed by atoms with Crippen LogP contribution in [0.25, 0.3) is 0 Å².